The highest BCUT2D eigenvalue weighted by molar-refractivity contribution is 7.81. The van der Waals surface area contributed by atoms with Crippen LogP contribution in [0.4, 0.5) is 15.8 Å². The Balaban J connectivity index is 1.02. The van der Waals surface area contributed by atoms with Gasteiger partial charge in [-0.3, -0.25) is 29.4 Å². The monoisotopic (exact) mass is 695 g/mol. The third-order valence-electron chi connectivity index (χ3n) is 9.03. The second-order valence-corrected chi connectivity index (χ2v) is 13.1. The van der Waals surface area contributed by atoms with Gasteiger partial charge >= 0.3 is 0 Å². The van der Waals surface area contributed by atoms with Gasteiger partial charge in [0.25, 0.3) is 11.8 Å². The van der Waals surface area contributed by atoms with Crippen molar-refractivity contribution >= 4 is 63.3 Å². The van der Waals surface area contributed by atoms with E-state index in [2.05, 4.69) is 16.7 Å². The maximum absolute atomic E-state index is 15.4. The van der Waals surface area contributed by atoms with Crippen molar-refractivity contribution in [2.24, 2.45) is 0 Å². The standard InChI is InChI=1S/C37H34FN5O6S/c1-21-16-23(7-6-22(21)19-39)42-35(47)37(2,3)43(36(42)50)24-8-10-27(30(38)17-24)33(45)40-14-4-5-15-48-25-9-12-31-28(18-25)29(20-49-31)26-11-13-32(44)41-34(26)46/h6-10,12,16-18,20,26H,4-5,11,13-15H2,1-3H3,(H,40,45)(H,41,44,46). The van der Waals surface area contributed by atoms with Gasteiger partial charge in [0.05, 0.1) is 41.7 Å². The van der Waals surface area contributed by atoms with E-state index in [1.54, 1.807) is 68.3 Å². The van der Waals surface area contributed by atoms with Crippen LogP contribution in [0.15, 0.2) is 65.3 Å². The SMILES string of the molecule is Cc1cc(N2C(=O)C(C)(C)N(c3ccc(C(=O)NCCCCOc4ccc5occ(C6CCC(=O)NC6=O)c5c4)c(F)c3)C2=S)ccc1C#N. The number of nitrogens with zero attached hydrogens (tertiary/aromatic N) is 3. The lowest BCUT2D eigenvalue weighted by Gasteiger charge is -2.29. The lowest BCUT2D eigenvalue weighted by atomic mass is 9.90. The van der Waals surface area contributed by atoms with E-state index >= 15 is 4.39 Å². The van der Waals surface area contributed by atoms with Crippen LogP contribution in [-0.2, 0) is 14.4 Å². The number of furan rings is 1. The normalized spacial score (nSPS) is 17.2. The highest BCUT2D eigenvalue weighted by Gasteiger charge is 2.50. The van der Waals surface area contributed by atoms with Crippen molar-refractivity contribution in [2.75, 3.05) is 23.0 Å². The fourth-order valence-corrected chi connectivity index (χ4v) is 6.81. The minimum absolute atomic E-state index is 0.140. The van der Waals surface area contributed by atoms with Gasteiger partial charge in [-0.25, -0.2) is 4.39 Å². The molecule has 50 heavy (non-hydrogen) atoms. The zero-order valence-corrected chi connectivity index (χ0v) is 28.5. The van der Waals surface area contributed by atoms with E-state index in [9.17, 15) is 24.4 Å². The highest BCUT2D eigenvalue weighted by atomic mass is 32.1. The molecule has 6 rings (SSSR count). The predicted octanol–water partition coefficient (Wildman–Crippen LogP) is 5.78. The van der Waals surface area contributed by atoms with Gasteiger partial charge in [-0.1, -0.05) is 0 Å². The summed E-state index contributed by atoms with van der Waals surface area (Å²) in [5.41, 5.74) is 2.05. The number of benzene rings is 3. The number of halogens is 1. The molecule has 2 saturated heterocycles. The van der Waals surface area contributed by atoms with E-state index in [1.165, 1.54) is 17.0 Å². The molecule has 4 aromatic rings. The number of carbonyl (C=O) groups is 4. The Morgan fingerprint density at radius 1 is 1.12 bits per heavy atom. The average molecular weight is 696 g/mol. The van der Waals surface area contributed by atoms with Gasteiger partial charge in [-0.15, -0.1) is 0 Å². The molecular weight excluding hydrogens is 662 g/mol. The van der Waals surface area contributed by atoms with E-state index in [0.29, 0.717) is 71.8 Å². The molecule has 0 bridgehead atoms. The molecule has 3 heterocycles. The van der Waals surface area contributed by atoms with Crippen LogP contribution in [0.2, 0.25) is 0 Å². The molecular formula is C37H34FN5O6S. The Kier molecular flexibility index (Phi) is 9.40. The molecule has 11 nitrogen and oxygen atoms in total. The quantitative estimate of drug-likeness (QED) is 0.120. The summed E-state index contributed by atoms with van der Waals surface area (Å²) in [4.78, 5) is 53.2. The molecule has 2 fully saturated rings. The molecule has 1 aromatic heterocycles. The Morgan fingerprint density at radius 2 is 1.90 bits per heavy atom. The van der Waals surface area contributed by atoms with Crippen molar-refractivity contribution in [1.29, 1.82) is 5.26 Å². The first-order valence-corrected chi connectivity index (χ1v) is 16.6. The number of thiocarbonyl (C=S) groups is 1. The molecule has 0 aliphatic carbocycles. The maximum atomic E-state index is 15.4. The number of unbranched alkanes of at least 4 members (excludes halogenated alkanes) is 1. The lowest BCUT2D eigenvalue weighted by molar-refractivity contribution is -0.134. The van der Waals surface area contributed by atoms with Crippen molar-refractivity contribution in [3.63, 3.8) is 0 Å². The molecule has 4 amide bonds. The largest absolute Gasteiger partial charge is 0.494 e. The highest BCUT2D eigenvalue weighted by Crippen LogP contribution is 2.38. The minimum atomic E-state index is -1.14. The molecule has 13 heteroatoms. The lowest BCUT2D eigenvalue weighted by Crippen LogP contribution is -2.44. The smallest absolute Gasteiger partial charge is 0.259 e. The second kappa shape index (κ2) is 13.7. The number of nitrogens with one attached hydrogen (secondary N) is 2. The summed E-state index contributed by atoms with van der Waals surface area (Å²) >= 11 is 5.69. The van der Waals surface area contributed by atoms with Crippen LogP contribution in [-0.4, -0.2) is 47.4 Å². The van der Waals surface area contributed by atoms with E-state index in [-0.39, 0.29) is 34.8 Å². The first-order valence-electron chi connectivity index (χ1n) is 16.2. The molecule has 1 unspecified atom stereocenters. The minimum Gasteiger partial charge on any atom is -0.494 e. The van der Waals surface area contributed by atoms with Crippen molar-refractivity contribution in [1.82, 2.24) is 10.6 Å². The molecule has 0 radical (unpaired) electrons. The summed E-state index contributed by atoms with van der Waals surface area (Å²) in [5, 5.41) is 15.3. The second-order valence-electron chi connectivity index (χ2n) is 12.8. The van der Waals surface area contributed by atoms with Crippen LogP contribution in [0, 0.1) is 24.1 Å². The Labute approximate surface area is 293 Å². The van der Waals surface area contributed by atoms with Crippen molar-refractivity contribution in [3.8, 4) is 11.8 Å². The fourth-order valence-electron chi connectivity index (χ4n) is 6.29. The van der Waals surface area contributed by atoms with Crippen molar-refractivity contribution in [2.45, 2.75) is 57.9 Å². The summed E-state index contributed by atoms with van der Waals surface area (Å²) in [7, 11) is 0. The van der Waals surface area contributed by atoms with E-state index < -0.39 is 23.2 Å². The summed E-state index contributed by atoms with van der Waals surface area (Å²) < 4.78 is 26.9. The fraction of sp³-hybridized carbons (Fsp3) is 0.297. The molecule has 2 aliphatic heterocycles. The molecule has 0 saturated carbocycles. The topological polar surface area (TPSA) is 145 Å². The summed E-state index contributed by atoms with van der Waals surface area (Å²) in [6, 6.07) is 16.6. The van der Waals surface area contributed by atoms with Gasteiger partial charge in [0, 0.05) is 29.6 Å². The number of piperidine rings is 1. The number of carbonyl (C=O) groups excluding carboxylic acids is 4. The van der Waals surface area contributed by atoms with Gasteiger partial charge in [0.2, 0.25) is 11.8 Å². The number of hydrogen-bond acceptors (Lipinski definition) is 8. The maximum Gasteiger partial charge on any atom is 0.259 e. The van der Waals surface area contributed by atoms with Crippen LogP contribution in [0.25, 0.3) is 11.0 Å². The first kappa shape index (κ1) is 34.3. The Hall–Kier alpha value is -5.61. The molecule has 256 valence electrons. The number of rotatable bonds is 10. The Bertz CT molecular complexity index is 2100. The zero-order valence-electron chi connectivity index (χ0n) is 27.7. The molecule has 1 atom stereocenters. The van der Waals surface area contributed by atoms with Crippen molar-refractivity contribution < 1.29 is 32.7 Å². The Morgan fingerprint density at radius 3 is 2.62 bits per heavy atom. The van der Waals surface area contributed by atoms with Gasteiger partial charge in [-0.2, -0.15) is 5.26 Å². The summed E-state index contributed by atoms with van der Waals surface area (Å²) in [6.45, 7) is 5.80. The average Bonchev–Trinajstić information content (AvgIpc) is 3.56. The predicted molar refractivity (Wildman–Crippen MR) is 187 cm³/mol. The first-order chi connectivity index (χ1) is 23.9. The van der Waals surface area contributed by atoms with Crippen LogP contribution < -0.4 is 25.2 Å². The molecule has 2 aliphatic rings. The van der Waals surface area contributed by atoms with Gasteiger partial charge in [0.1, 0.15) is 22.7 Å². The molecule has 3 aromatic carbocycles. The van der Waals surface area contributed by atoms with Gasteiger partial charge in [-0.05, 0) is 112 Å². The summed E-state index contributed by atoms with van der Waals surface area (Å²) in [5.74, 6) is -2.14. The van der Waals surface area contributed by atoms with E-state index in [1.807, 2.05) is 6.07 Å². The van der Waals surface area contributed by atoms with Gasteiger partial charge in [0.15, 0.2) is 5.11 Å². The molecule has 0 spiro atoms. The number of imide groups is 1. The number of hydrogen-bond donors (Lipinski definition) is 2. The van der Waals surface area contributed by atoms with Crippen LogP contribution in [0.1, 0.15) is 72.5 Å². The van der Waals surface area contributed by atoms with Crippen LogP contribution in [0.3, 0.4) is 0 Å². The zero-order chi connectivity index (χ0) is 35.7. The third-order valence-corrected chi connectivity index (χ3v) is 9.39. The number of aryl methyl sites for hydroxylation is 1. The number of ether oxygens (including phenoxy) is 1. The van der Waals surface area contributed by atoms with Gasteiger partial charge < -0.3 is 19.4 Å². The van der Waals surface area contributed by atoms with E-state index in [4.69, 9.17) is 21.4 Å². The number of amides is 4. The van der Waals surface area contributed by atoms with Crippen LogP contribution in [0.5, 0.6) is 5.75 Å². The summed E-state index contributed by atoms with van der Waals surface area (Å²) in [6.07, 6.45) is 3.40. The van der Waals surface area contributed by atoms with Crippen molar-refractivity contribution in [3.05, 3.63) is 88.9 Å². The number of fused-ring (bicyclic) bond motifs is 1. The number of anilines is 2. The third kappa shape index (κ3) is 6.42. The molecule has 2 N–H and O–H groups in total. The van der Waals surface area contributed by atoms with E-state index in [0.717, 1.165) is 5.39 Å². The number of nitriles is 1. The van der Waals surface area contributed by atoms with Crippen LogP contribution >= 0.6 is 12.2 Å².